The van der Waals surface area contributed by atoms with Gasteiger partial charge in [-0.05, 0) is 13.8 Å². The van der Waals surface area contributed by atoms with Gasteiger partial charge in [0, 0.05) is 0 Å². The Kier molecular flexibility index (Phi) is 2.34. The molecular weight excluding hydrogens is 146 g/mol. The second-order valence-corrected chi connectivity index (χ2v) is 2.99. The number of amides is 1. The third kappa shape index (κ3) is 2.08. The van der Waals surface area contributed by atoms with Gasteiger partial charge in [-0.1, -0.05) is 0 Å². The van der Waals surface area contributed by atoms with E-state index in [0.29, 0.717) is 13.1 Å². The first-order chi connectivity index (χ1) is 5.09. The first-order valence-corrected chi connectivity index (χ1v) is 3.73. The molecule has 1 aliphatic rings. The zero-order chi connectivity index (χ0) is 8.43. The van der Waals surface area contributed by atoms with E-state index < -0.39 is 0 Å². The minimum absolute atomic E-state index is 0.0831. The molecule has 0 aromatic heterocycles. The van der Waals surface area contributed by atoms with E-state index >= 15 is 0 Å². The Morgan fingerprint density at radius 3 is 2.55 bits per heavy atom. The molecule has 0 radical (unpaired) electrons. The number of ether oxygens (including phenoxy) is 1. The summed E-state index contributed by atoms with van der Waals surface area (Å²) in [6.07, 6.45) is -0.764. The zero-order valence-electron chi connectivity index (χ0n) is 6.78. The highest BCUT2D eigenvalue weighted by atomic mass is 16.6. The Labute approximate surface area is 65.8 Å². The summed E-state index contributed by atoms with van der Waals surface area (Å²) in [7, 11) is 0. The molecule has 1 heterocycles. The van der Waals surface area contributed by atoms with Gasteiger partial charge in [0.25, 0.3) is 0 Å². The number of hydrogen-bond donors (Lipinski definition) is 1. The van der Waals surface area contributed by atoms with Crippen molar-refractivity contribution < 1.29 is 14.6 Å². The average Bonchev–Trinajstić information content (AvgIpc) is 1.79. The van der Waals surface area contributed by atoms with Crippen LogP contribution in [0.25, 0.3) is 0 Å². The van der Waals surface area contributed by atoms with Crippen LogP contribution in [0, 0.1) is 0 Å². The van der Waals surface area contributed by atoms with Crippen LogP contribution in [0.3, 0.4) is 0 Å². The van der Waals surface area contributed by atoms with Crippen LogP contribution >= 0.6 is 0 Å². The summed E-state index contributed by atoms with van der Waals surface area (Å²) in [5.41, 5.74) is 0. The van der Waals surface area contributed by atoms with Crippen LogP contribution in [-0.4, -0.2) is 41.4 Å². The first kappa shape index (κ1) is 8.33. The SMILES string of the molecule is CC(C)OC(=O)N1CC(O)C1. The summed E-state index contributed by atoms with van der Waals surface area (Å²) < 4.78 is 4.88. The monoisotopic (exact) mass is 159 g/mol. The van der Waals surface area contributed by atoms with E-state index in [4.69, 9.17) is 9.84 Å². The lowest BCUT2D eigenvalue weighted by atomic mass is 10.2. The van der Waals surface area contributed by atoms with Crippen LogP contribution in [0.2, 0.25) is 0 Å². The third-order valence-electron chi connectivity index (χ3n) is 1.46. The second-order valence-electron chi connectivity index (χ2n) is 2.99. The molecule has 0 aromatic rings. The van der Waals surface area contributed by atoms with E-state index in [0.717, 1.165) is 0 Å². The molecule has 0 aliphatic carbocycles. The van der Waals surface area contributed by atoms with Crippen molar-refractivity contribution in [1.29, 1.82) is 0 Å². The standard InChI is InChI=1S/C7H13NO3/c1-5(2)11-7(10)8-3-6(9)4-8/h5-6,9H,3-4H2,1-2H3. The van der Waals surface area contributed by atoms with E-state index in [9.17, 15) is 4.79 Å². The highest BCUT2D eigenvalue weighted by molar-refractivity contribution is 5.68. The van der Waals surface area contributed by atoms with Crippen LogP contribution in [0.1, 0.15) is 13.8 Å². The van der Waals surface area contributed by atoms with Crippen LogP contribution in [0.5, 0.6) is 0 Å². The number of likely N-dealkylation sites (tertiary alicyclic amines) is 1. The minimum Gasteiger partial charge on any atom is -0.447 e. The Morgan fingerprint density at radius 1 is 1.64 bits per heavy atom. The molecule has 0 atom stereocenters. The summed E-state index contributed by atoms with van der Waals surface area (Å²) >= 11 is 0. The van der Waals surface area contributed by atoms with Crippen molar-refractivity contribution in [2.45, 2.75) is 26.1 Å². The largest absolute Gasteiger partial charge is 0.447 e. The van der Waals surface area contributed by atoms with Gasteiger partial charge in [0.1, 0.15) is 0 Å². The predicted molar refractivity (Wildman–Crippen MR) is 39.2 cm³/mol. The molecule has 4 nitrogen and oxygen atoms in total. The van der Waals surface area contributed by atoms with Crippen LogP contribution in [0.4, 0.5) is 4.79 Å². The molecule has 0 unspecified atom stereocenters. The summed E-state index contributed by atoms with van der Waals surface area (Å²) in [6, 6.07) is 0. The van der Waals surface area contributed by atoms with Crippen molar-refractivity contribution in [1.82, 2.24) is 4.90 Å². The molecule has 0 spiro atoms. The van der Waals surface area contributed by atoms with Gasteiger partial charge in [-0.3, -0.25) is 0 Å². The number of carbonyl (C=O) groups excluding carboxylic acids is 1. The Bertz CT molecular complexity index is 152. The van der Waals surface area contributed by atoms with Crippen LogP contribution in [-0.2, 0) is 4.74 Å². The summed E-state index contributed by atoms with van der Waals surface area (Å²) in [4.78, 5) is 12.5. The number of rotatable bonds is 1. The van der Waals surface area contributed by atoms with Gasteiger partial charge in [0.15, 0.2) is 0 Å². The molecule has 1 fully saturated rings. The number of β-amino-alcohol motifs (C(OH)–C–C–N with tert-alkyl or cyclic N) is 1. The molecule has 0 aromatic carbocycles. The van der Waals surface area contributed by atoms with E-state index in [1.165, 1.54) is 4.90 Å². The molecule has 0 bridgehead atoms. The van der Waals surface area contributed by atoms with Gasteiger partial charge in [-0.25, -0.2) is 4.79 Å². The number of nitrogens with zero attached hydrogens (tertiary/aromatic N) is 1. The fourth-order valence-corrected chi connectivity index (χ4v) is 0.881. The Hall–Kier alpha value is -0.770. The van der Waals surface area contributed by atoms with Crippen molar-refractivity contribution >= 4 is 6.09 Å². The lowest BCUT2D eigenvalue weighted by Crippen LogP contribution is -2.53. The maximum atomic E-state index is 11.0. The van der Waals surface area contributed by atoms with Crippen molar-refractivity contribution in [2.24, 2.45) is 0 Å². The predicted octanol–water partition coefficient (Wildman–Crippen LogP) is 0.208. The smallest absolute Gasteiger partial charge is 0.410 e. The fraction of sp³-hybridized carbons (Fsp3) is 0.857. The molecule has 1 rings (SSSR count). The van der Waals surface area contributed by atoms with Crippen molar-refractivity contribution in [3.63, 3.8) is 0 Å². The lowest BCUT2D eigenvalue weighted by Gasteiger charge is -2.35. The maximum Gasteiger partial charge on any atom is 0.410 e. The van der Waals surface area contributed by atoms with Gasteiger partial charge in [-0.15, -0.1) is 0 Å². The molecule has 1 amide bonds. The number of aliphatic hydroxyl groups excluding tert-OH is 1. The highest BCUT2D eigenvalue weighted by Gasteiger charge is 2.30. The second kappa shape index (κ2) is 3.09. The number of aliphatic hydroxyl groups is 1. The maximum absolute atomic E-state index is 11.0. The van der Waals surface area contributed by atoms with E-state index in [-0.39, 0.29) is 18.3 Å². The van der Waals surface area contributed by atoms with Crippen molar-refractivity contribution in [3.05, 3.63) is 0 Å². The number of carbonyl (C=O) groups is 1. The average molecular weight is 159 g/mol. The van der Waals surface area contributed by atoms with Crippen molar-refractivity contribution in [3.8, 4) is 0 Å². The summed E-state index contributed by atoms with van der Waals surface area (Å²) in [5.74, 6) is 0. The van der Waals surface area contributed by atoms with Gasteiger partial charge in [0.05, 0.1) is 25.3 Å². The normalized spacial score (nSPS) is 18.4. The third-order valence-corrected chi connectivity index (χ3v) is 1.46. The van der Waals surface area contributed by atoms with Crippen molar-refractivity contribution in [2.75, 3.05) is 13.1 Å². The summed E-state index contributed by atoms with van der Waals surface area (Å²) in [6.45, 7) is 4.42. The fourth-order valence-electron chi connectivity index (χ4n) is 0.881. The van der Waals surface area contributed by atoms with Gasteiger partial charge < -0.3 is 14.7 Å². The van der Waals surface area contributed by atoms with Gasteiger partial charge in [0.2, 0.25) is 0 Å². The minimum atomic E-state index is -0.352. The highest BCUT2D eigenvalue weighted by Crippen LogP contribution is 2.09. The molecule has 11 heavy (non-hydrogen) atoms. The Balaban J connectivity index is 2.21. The molecule has 1 aliphatic heterocycles. The molecule has 4 heteroatoms. The van der Waals surface area contributed by atoms with E-state index in [2.05, 4.69) is 0 Å². The molecule has 1 N–H and O–H groups in total. The van der Waals surface area contributed by atoms with Crippen LogP contribution in [0.15, 0.2) is 0 Å². The van der Waals surface area contributed by atoms with E-state index in [1.807, 2.05) is 0 Å². The van der Waals surface area contributed by atoms with Crippen LogP contribution < -0.4 is 0 Å². The molecule has 0 saturated carbocycles. The lowest BCUT2D eigenvalue weighted by molar-refractivity contribution is -0.00998. The van der Waals surface area contributed by atoms with E-state index in [1.54, 1.807) is 13.8 Å². The Morgan fingerprint density at radius 2 is 2.18 bits per heavy atom. The topological polar surface area (TPSA) is 49.8 Å². The molecule has 64 valence electrons. The summed E-state index contributed by atoms with van der Waals surface area (Å²) in [5, 5.41) is 8.85. The van der Waals surface area contributed by atoms with Gasteiger partial charge >= 0.3 is 6.09 Å². The quantitative estimate of drug-likeness (QED) is 0.595. The zero-order valence-corrected chi connectivity index (χ0v) is 6.78. The number of hydrogen-bond acceptors (Lipinski definition) is 3. The van der Waals surface area contributed by atoms with Gasteiger partial charge in [-0.2, -0.15) is 0 Å². The molecule has 1 saturated heterocycles. The first-order valence-electron chi connectivity index (χ1n) is 3.73. The molecular formula is C7H13NO3.